The SMILES string of the molecule is COc1cccc2c1OCCC2=NNC(=O)[C@@H](C)Oc1ccc([N+](=O)[O-])cc1. The van der Waals surface area contributed by atoms with Gasteiger partial charge in [-0.15, -0.1) is 0 Å². The van der Waals surface area contributed by atoms with E-state index >= 15 is 0 Å². The highest BCUT2D eigenvalue weighted by molar-refractivity contribution is 6.04. The maximum absolute atomic E-state index is 12.3. The van der Waals surface area contributed by atoms with Gasteiger partial charge in [-0.1, -0.05) is 6.07 Å². The number of non-ortho nitro benzene ring substituents is 1. The van der Waals surface area contributed by atoms with Crippen molar-refractivity contribution in [1.29, 1.82) is 0 Å². The Morgan fingerprint density at radius 1 is 1.29 bits per heavy atom. The highest BCUT2D eigenvalue weighted by Crippen LogP contribution is 2.34. The molecule has 2 aromatic rings. The number of para-hydroxylation sites is 1. The molecule has 1 atom stereocenters. The lowest BCUT2D eigenvalue weighted by atomic mass is 10.0. The Kier molecular flexibility index (Phi) is 5.73. The molecule has 0 radical (unpaired) electrons. The summed E-state index contributed by atoms with van der Waals surface area (Å²) in [5.41, 5.74) is 3.88. The Labute approximate surface area is 161 Å². The van der Waals surface area contributed by atoms with Gasteiger partial charge in [0, 0.05) is 24.1 Å². The second-order valence-corrected chi connectivity index (χ2v) is 5.98. The molecule has 0 saturated carbocycles. The van der Waals surface area contributed by atoms with Crippen molar-refractivity contribution in [3.63, 3.8) is 0 Å². The maximum Gasteiger partial charge on any atom is 0.280 e. The van der Waals surface area contributed by atoms with Gasteiger partial charge in [0.2, 0.25) is 0 Å². The van der Waals surface area contributed by atoms with E-state index in [9.17, 15) is 14.9 Å². The van der Waals surface area contributed by atoms with Crippen LogP contribution < -0.4 is 19.6 Å². The summed E-state index contributed by atoms with van der Waals surface area (Å²) < 4.78 is 16.4. The van der Waals surface area contributed by atoms with Crippen LogP contribution in [0.15, 0.2) is 47.6 Å². The number of hydrogen-bond donors (Lipinski definition) is 1. The zero-order chi connectivity index (χ0) is 20.1. The van der Waals surface area contributed by atoms with Crippen LogP contribution in [0.3, 0.4) is 0 Å². The number of benzene rings is 2. The molecule has 1 heterocycles. The second-order valence-electron chi connectivity index (χ2n) is 5.98. The van der Waals surface area contributed by atoms with E-state index in [1.54, 1.807) is 20.1 Å². The van der Waals surface area contributed by atoms with Crippen LogP contribution in [0.2, 0.25) is 0 Å². The number of nitro benzene ring substituents is 1. The van der Waals surface area contributed by atoms with Crippen molar-refractivity contribution in [3.8, 4) is 17.2 Å². The fourth-order valence-electron chi connectivity index (χ4n) is 2.67. The molecule has 0 saturated heterocycles. The van der Waals surface area contributed by atoms with E-state index in [0.29, 0.717) is 36.0 Å². The molecule has 9 nitrogen and oxygen atoms in total. The van der Waals surface area contributed by atoms with E-state index in [0.717, 1.165) is 5.56 Å². The van der Waals surface area contributed by atoms with Gasteiger partial charge < -0.3 is 14.2 Å². The highest BCUT2D eigenvalue weighted by Gasteiger charge is 2.21. The topological polar surface area (TPSA) is 112 Å². The number of amides is 1. The molecule has 3 rings (SSSR count). The minimum atomic E-state index is -0.838. The monoisotopic (exact) mass is 385 g/mol. The van der Waals surface area contributed by atoms with Crippen LogP contribution in [0.5, 0.6) is 17.2 Å². The number of hydrazone groups is 1. The number of rotatable bonds is 6. The molecule has 2 aromatic carbocycles. The molecule has 0 spiro atoms. The van der Waals surface area contributed by atoms with Crippen LogP contribution in [-0.2, 0) is 4.79 Å². The summed E-state index contributed by atoms with van der Waals surface area (Å²) in [6.07, 6.45) is -0.298. The number of carbonyl (C=O) groups is 1. The molecule has 9 heteroatoms. The third-order valence-corrected chi connectivity index (χ3v) is 4.13. The second kappa shape index (κ2) is 8.38. The smallest absolute Gasteiger partial charge is 0.280 e. The normalized spacial score (nSPS) is 15.1. The first-order chi connectivity index (χ1) is 13.5. The summed E-state index contributed by atoms with van der Waals surface area (Å²) in [5, 5.41) is 14.9. The quantitative estimate of drug-likeness (QED) is 0.604. The van der Waals surface area contributed by atoms with Gasteiger partial charge in [-0.2, -0.15) is 5.10 Å². The van der Waals surface area contributed by atoms with E-state index in [4.69, 9.17) is 14.2 Å². The molecule has 146 valence electrons. The fourth-order valence-corrected chi connectivity index (χ4v) is 2.67. The standard InChI is InChI=1S/C19H19N3O6/c1-12(28-14-8-6-13(7-9-14)22(24)25)19(23)21-20-16-10-11-27-18-15(16)4-3-5-17(18)26-2/h3-9,12H,10-11H2,1-2H3,(H,21,23)/t12-/m1/s1. The lowest BCUT2D eigenvalue weighted by molar-refractivity contribution is -0.384. The Morgan fingerprint density at radius 3 is 2.71 bits per heavy atom. The van der Waals surface area contributed by atoms with Gasteiger partial charge in [0.05, 0.1) is 24.4 Å². The predicted octanol–water partition coefficient (Wildman–Crippen LogP) is 2.67. The zero-order valence-corrected chi connectivity index (χ0v) is 15.4. The number of carbonyl (C=O) groups excluding carboxylic acids is 1. The molecule has 0 aliphatic carbocycles. The Morgan fingerprint density at radius 2 is 2.04 bits per heavy atom. The van der Waals surface area contributed by atoms with Crippen molar-refractivity contribution in [3.05, 3.63) is 58.1 Å². The van der Waals surface area contributed by atoms with Crippen LogP contribution >= 0.6 is 0 Å². The summed E-state index contributed by atoms with van der Waals surface area (Å²) >= 11 is 0. The predicted molar refractivity (Wildman–Crippen MR) is 101 cm³/mol. The first kappa shape index (κ1) is 19.2. The molecular weight excluding hydrogens is 366 g/mol. The van der Waals surface area contributed by atoms with Crippen LogP contribution in [0.1, 0.15) is 18.9 Å². The average molecular weight is 385 g/mol. The van der Waals surface area contributed by atoms with E-state index < -0.39 is 16.9 Å². The Balaban J connectivity index is 1.66. The lowest BCUT2D eigenvalue weighted by Gasteiger charge is -2.21. The molecule has 1 aliphatic rings. The number of nitrogens with one attached hydrogen (secondary N) is 1. The Bertz CT molecular complexity index is 910. The van der Waals surface area contributed by atoms with Gasteiger partial charge in [-0.25, -0.2) is 5.43 Å². The lowest BCUT2D eigenvalue weighted by Crippen LogP contribution is -2.34. The van der Waals surface area contributed by atoms with Gasteiger partial charge in [0.25, 0.3) is 11.6 Å². The van der Waals surface area contributed by atoms with Crippen molar-refractivity contribution < 1.29 is 23.9 Å². The highest BCUT2D eigenvalue weighted by atomic mass is 16.6. The third-order valence-electron chi connectivity index (χ3n) is 4.13. The molecule has 0 bridgehead atoms. The molecule has 0 unspecified atom stereocenters. The number of hydrogen-bond acceptors (Lipinski definition) is 7. The summed E-state index contributed by atoms with van der Waals surface area (Å²) in [7, 11) is 1.56. The Hall–Kier alpha value is -3.62. The summed E-state index contributed by atoms with van der Waals surface area (Å²) in [4.78, 5) is 22.5. The van der Waals surface area contributed by atoms with E-state index in [1.165, 1.54) is 24.3 Å². The first-order valence-corrected chi connectivity index (χ1v) is 8.57. The largest absolute Gasteiger partial charge is 0.493 e. The molecule has 1 aliphatic heterocycles. The van der Waals surface area contributed by atoms with Crippen LogP contribution in [0.4, 0.5) is 5.69 Å². The van der Waals surface area contributed by atoms with Gasteiger partial charge >= 0.3 is 0 Å². The number of ether oxygens (including phenoxy) is 3. The van der Waals surface area contributed by atoms with Gasteiger partial charge in [0.15, 0.2) is 17.6 Å². The third kappa shape index (κ3) is 4.20. The molecular formula is C19H19N3O6. The minimum Gasteiger partial charge on any atom is -0.493 e. The van der Waals surface area contributed by atoms with Crippen molar-refractivity contribution in [1.82, 2.24) is 5.43 Å². The van der Waals surface area contributed by atoms with Crippen LogP contribution in [0.25, 0.3) is 0 Å². The van der Waals surface area contributed by atoms with E-state index in [1.807, 2.05) is 12.1 Å². The number of fused-ring (bicyclic) bond motifs is 1. The summed E-state index contributed by atoms with van der Waals surface area (Å²) in [5.74, 6) is 1.11. The molecule has 0 aromatic heterocycles. The van der Waals surface area contributed by atoms with Crippen LogP contribution in [-0.4, -0.2) is 36.4 Å². The van der Waals surface area contributed by atoms with Crippen molar-refractivity contribution in [2.75, 3.05) is 13.7 Å². The average Bonchev–Trinajstić information content (AvgIpc) is 2.71. The minimum absolute atomic E-state index is 0.0514. The zero-order valence-electron chi connectivity index (χ0n) is 15.4. The maximum atomic E-state index is 12.3. The van der Waals surface area contributed by atoms with Crippen molar-refractivity contribution in [2.45, 2.75) is 19.4 Å². The van der Waals surface area contributed by atoms with E-state index in [2.05, 4.69) is 10.5 Å². The summed E-state index contributed by atoms with van der Waals surface area (Å²) in [6, 6.07) is 11.0. The number of nitro groups is 1. The molecule has 1 amide bonds. The van der Waals surface area contributed by atoms with Crippen LogP contribution in [0, 0.1) is 10.1 Å². The van der Waals surface area contributed by atoms with Gasteiger partial charge in [-0.05, 0) is 31.2 Å². The van der Waals surface area contributed by atoms with Crippen molar-refractivity contribution >= 4 is 17.3 Å². The molecule has 0 fully saturated rings. The fraction of sp³-hybridized carbons (Fsp3) is 0.263. The summed E-state index contributed by atoms with van der Waals surface area (Å²) in [6.45, 7) is 1.99. The number of methoxy groups -OCH3 is 1. The van der Waals surface area contributed by atoms with E-state index in [-0.39, 0.29) is 5.69 Å². The molecule has 28 heavy (non-hydrogen) atoms. The number of nitrogens with zero attached hydrogens (tertiary/aromatic N) is 2. The first-order valence-electron chi connectivity index (χ1n) is 8.57. The van der Waals surface area contributed by atoms with Gasteiger partial charge in [0.1, 0.15) is 5.75 Å². The molecule has 1 N–H and O–H groups in total. The van der Waals surface area contributed by atoms with Gasteiger partial charge in [-0.3, -0.25) is 14.9 Å². The van der Waals surface area contributed by atoms with Crippen molar-refractivity contribution in [2.24, 2.45) is 5.10 Å².